The zero-order chi connectivity index (χ0) is 54.7. The van der Waals surface area contributed by atoms with E-state index in [0.717, 1.165) is 63.1 Å². The zero-order valence-electron chi connectivity index (χ0n) is 47.7. The summed E-state index contributed by atoms with van der Waals surface area (Å²) in [6.45, 7) is 18.9. The summed E-state index contributed by atoms with van der Waals surface area (Å²) in [5, 5.41) is 3.87. The number of piperidine rings is 2. The molecule has 0 bridgehead atoms. The predicted octanol–water partition coefficient (Wildman–Crippen LogP) is 17.6. The Kier molecular flexibility index (Phi) is 16.4. The lowest BCUT2D eigenvalue weighted by atomic mass is 9.67. The van der Waals surface area contributed by atoms with Crippen LogP contribution in [-0.4, -0.2) is 80.1 Å². The summed E-state index contributed by atoms with van der Waals surface area (Å²) in [6, 6.07) is 60.0. The lowest BCUT2D eigenvalue weighted by Crippen LogP contribution is -2.58. The third kappa shape index (κ3) is 13.1. The summed E-state index contributed by atoms with van der Waals surface area (Å²) in [4.78, 5) is 0. The van der Waals surface area contributed by atoms with Crippen molar-refractivity contribution in [2.75, 3.05) is 53.9 Å². The third-order valence-corrected chi connectivity index (χ3v) is 18.2. The van der Waals surface area contributed by atoms with Gasteiger partial charge in [0.25, 0.3) is 0 Å². The number of likely N-dealkylation sites (tertiary alicyclic amines) is 1. The number of hydrogen-bond acceptors (Lipinski definition) is 1. The molecule has 3 nitrogen and oxygen atoms in total. The molecule has 0 aliphatic carbocycles. The van der Waals surface area contributed by atoms with Crippen LogP contribution in [0.3, 0.4) is 0 Å². The van der Waals surface area contributed by atoms with E-state index in [1.807, 2.05) is 12.1 Å². The first-order valence-corrected chi connectivity index (χ1v) is 28.7. The van der Waals surface area contributed by atoms with Crippen molar-refractivity contribution in [3.63, 3.8) is 0 Å². The average Bonchev–Trinajstić information content (AvgIpc) is 3.43. The molecule has 2 heterocycles. The molecule has 0 amide bonds. The molecule has 2 saturated heterocycles. The van der Waals surface area contributed by atoms with Crippen LogP contribution >= 0.6 is 0 Å². The summed E-state index contributed by atoms with van der Waals surface area (Å²) in [5.74, 6) is 0.793. The van der Waals surface area contributed by atoms with Crippen molar-refractivity contribution >= 4 is 0 Å². The minimum absolute atomic E-state index is 0.105. The highest BCUT2D eigenvalue weighted by atomic mass is 19.4. The Bertz CT molecular complexity index is 2980. The Morgan fingerprint density at radius 2 is 0.883 bits per heavy atom. The van der Waals surface area contributed by atoms with Gasteiger partial charge in [-0.3, -0.25) is 0 Å². The number of aryl methyl sites for hydroxylation is 1. The van der Waals surface area contributed by atoms with Crippen molar-refractivity contribution in [2.45, 2.75) is 127 Å². The van der Waals surface area contributed by atoms with Crippen LogP contribution in [0.25, 0.3) is 44.5 Å². The summed E-state index contributed by atoms with van der Waals surface area (Å²) < 4.78 is 46.3. The number of hydrogen-bond donors (Lipinski definition) is 1. The first kappa shape index (κ1) is 55.9. The predicted molar refractivity (Wildman–Crippen MR) is 318 cm³/mol. The van der Waals surface area contributed by atoms with Crippen LogP contribution in [0.15, 0.2) is 176 Å². The van der Waals surface area contributed by atoms with Gasteiger partial charge in [0.1, 0.15) is 5.41 Å². The molecule has 1 unspecified atom stereocenters. The molecule has 2 aliphatic heterocycles. The van der Waals surface area contributed by atoms with E-state index in [4.69, 9.17) is 0 Å². The van der Waals surface area contributed by atoms with Gasteiger partial charge < -0.3 is 14.3 Å². The Morgan fingerprint density at radius 3 is 1.31 bits per heavy atom. The van der Waals surface area contributed by atoms with E-state index in [1.54, 1.807) is 42.5 Å². The van der Waals surface area contributed by atoms with E-state index in [9.17, 15) is 13.2 Å². The second-order valence-corrected chi connectivity index (χ2v) is 25.9. The van der Waals surface area contributed by atoms with Gasteiger partial charge in [0.15, 0.2) is 0 Å². The van der Waals surface area contributed by atoms with E-state index in [-0.39, 0.29) is 27.6 Å². The summed E-state index contributed by atoms with van der Waals surface area (Å²) in [7, 11) is 7.40. The molecule has 2 aliphatic rings. The fourth-order valence-corrected chi connectivity index (χ4v) is 13.6. The van der Waals surface area contributed by atoms with Crippen molar-refractivity contribution in [1.29, 1.82) is 0 Å². The first-order chi connectivity index (χ1) is 36.5. The largest absolute Gasteiger partial charge is 0.402 e. The Labute approximate surface area is 460 Å². The minimum Gasteiger partial charge on any atom is -0.328 e. The molecule has 404 valence electrons. The average molecular weight is 1040 g/mol. The van der Waals surface area contributed by atoms with Gasteiger partial charge in [0, 0.05) is 29.3 Å². The lowest BCUT2D eigenvalue weighted by Gasteiger charge is -2.47. The molecule has 7 aromatic rings. The van der Waals surface area contributed by atoms with Crippen LogP contribution in [0.5, 0.6) is 0 Å². The van der Waals surface area contributed by atoms with E-state index in [0.29, 0.717) is 0 Å². The molecule has 0 radical (unpaired) electrons. The molecular weight excluding hydrogens is 952 g/mol. The summed E-state index contributed by atoms with van der Waals surface area (Å²) in [6.07, 6.45) is 6.76. The maximum Gasteiger partial charge on any atom is 0.402 e. The van der Waals surface area contributed by atoms with Crippen LogP contribution in [0.2, 0.25) is 0 Å². The minimum atomic E-state index is -4.45. The quantitative estimate of drug-likeness (QED) is 0.0667. The van der Waals surface area contributed by atoms with E-state index in [1.165, 1.54) is 110 Å². The van der Waals surface area contributed by atoms with Crippen LogP contribution in [0, 0.1) is 12.8 Å². The lowest BCUT2D eigenvalue weighted by molar-refractivity contribution is -0.915. The van der Waals surface area contributed by atoms with Gasteiger partial charge in [-0.15, -0.1) is 0 Å². The van der Waals surface area contributed by atoms with Crippen LogP contribution in [0.4, 0.5) is 13.2 Å². The van der Waals surface area contributed by atoms with Crippen molar-refractivity contribution in [3.05, 3.63) is 204 Å². The highest BCUT2D eigenvalue weighted by Gasteiger charge is 2.53. The zero-order valence-corrected chi connectivity index (χ0v) is 47.7. The number of nitrogens with zero attached hydrogens (tertiary/aromatic N) is 2. The highest BCUT2D eigenvalue weighted by molar-refractivity contribution is 5.73. The smallest absolute Gasteiger partial charge is 0.328 e. The van der Waals surface area contributed by atoms with Crippen molar-refractivity contribution in [1.82, 2.24) is 5.32 Å². The molecule has 0 aromatic heterocycles. The van der Waals surface area contributed by atoms with E-state index in [2.05, 4.69) is 182 Å². The number of nitrogens with one attached hydrogen (secondary N) is 1. The molecule has 1 N–H and O–H groups in total. The molecule has 1 atom stereocenters. The monoisotopic (exact) mass is 1040 g/mol. The van der Waals surface area contributed by atoms with Gasteiger partial charge in [-0.05, 0) is 159 Å². The number of alkyl halides is 3. The molecule has 6 heteroatoms. The van der Waals surface area contributed by atoms with Crippen LogP contribution in [-0.2, 0) is 10.8 Å². The Balaban J connectivity index is 0.868. The van der Waals surface area contributed by atoms with Gasteiger partial charge in [0.05, 0.1) is 53.9 Å². The maximum atomic E-state index is 14.7. The van der Waals surface area contributed by atoms with Crippen molar-refractivity contribution in [3.8, 4) is 44.5 Å². The van der Waals surface area contributed by atoms with Crippen LogP contribution < -0.4 is 5.32 Å². The van der Waals surface area contributed by atoms with Crippen LogP contribution in [0.1, 0.15) is 120 Å². The topological polar surface area (TPSA) is 12.0 Å². The van der Waals surface area contributed by atoms with Crippen molar-refractivity contribution < 1.29 is 22.1 Å². The van der Waals surface area contributed by atoms with Gasteiger partial charge >= 0.3 is 6.18 Å². The van der Waals surface area contributed by atoms with Crippen molar-refractivity contribution in [2.24, 2.45) is 5.92 Å². The first-order valence-electron chi connectivity index (χ1n) is 28.7. The van der Waals surface area contributed by atoms with Gasteiger partial charge in [-0.25, -0.2) is 0 Å². The molecule has 7 aromatic carbocycles. The fraction of sp³-hybridized carbons (Fsp3) is 0.408. The Morgan fingerprint density at radius 1 is 0.506 bits per heavy atom. The molecule has 77 heavy (non-hydrogen) atoms. The summed E-state index contributed by atoms with van der Waals surface area (Å²) in [5.41, 5.74) is 11.7. The molecular formula is C71H86F3N3+2. The molecule has 0 spiro atoms. The summed E-state index contributed by atoms with van der Waals surface area (Å²) >= 11 is 0. The van der Waals surface area contributed by atoms with Gasteiger partial charge in [-0.2, -0.15) is 13.2 Å². The second-order valence-electron chi connectivity index (χ2n) is 25.9. The number of halogens is 3. The number of unbranched alkanes of at least 4 members (excludes halogenated alkanes) is 3. The maximum absolute atomic E-state index is 14.7. The van der Waals surface area contributed by atoms with Gasteiger partial charge in [0.2, 0.25) is 0 Å². The second kappa shape index (κ2) is 22.5. The third-order valence-electron chi connectivity index (χ3n) is 18.2. The number of quaternary nitrogens is 2. The molecule has 9 rings (SSSR count). The molecule has 2 fully saturated rings. The van der Waals surface area contributed by atoms with Gasteiger partial charge in [-0.1, -0.05) is 181 Å². The standard InChI is InChI=1S/C71H86F3N3/c1-53-19-21-55(22-20-53)56-23-25-58(26-24-56)61-33-39-65(40-34-61)70(44-49-77(9,50-45-70)47-16-11-10-15-46-76(7,8)48-43-54-51-67(2,3)75-68(4,5)52-54)66-41-35-62(36-42-66)59-29-27-57(28-30-59)60-31-37-64(38-32-60)69(6,71(72,73)74)63-17-13-12-14-18-63/h12-14,17-42,54,75H,10-11,15-16,43-52H2,1-9H3/q+2. The molecule has 0 saturated carbocycles. The normalized spacial score (nSPS) is 20.6. The fourth-order valence-electron chi connectivity index (χ4n) is 13.6. The van der Waals surface area contributed by atoms with E-state index < -0.39 is 11.6 Å². The number of benzene rings is 7. The number of rotatable bonds is 18. The van der Waals surface area contributed by atoms with E-state index >= 15 is 0 Å². The Hall–Kier alpha value is -5.79. The highest BCUT2D eigenvalue weighted by Crippen LogP contribution is 2.47. The SMILES string of the molecule is Cc1ccc(-c2ccc(-c3ccc(C4(c5ccc(-c6ccc(-c7ccc(C(C)(c8ccccc8)C(F)(F)F)cc7)cc6)cc5)CC[N+](C)(CCCCCC[N+](C)(C)CCC5CC(C)(C)NC(C)(C)C5)CC4)cc3)cc2)cc1.